The monoisotopic (exact) mass is 341 g/mol. The molecule has 0 saturated carbocycles. The van der Waals surface area contributed by atoms with Crippen molar-refractivity contribution in [1.82, 2.24) is 14.8 Å². The lowest BCUT2D eigenvalue weighted by molar-refractivity contribution is 0.344. The van der Waals surface area contributed by atoms with E-state index in [1.807, 2.05) is 54.1 Å². The molecule has 1 N–H and O–H groups in total. The maximum atomic E-state index is 9.37. The third-order valence-corrected chi connectivity index (χ3v) is 4.48. The largest absolute Gasteiger partial charge is 0.508 e. The maximum Gasteiger partial charge on any atom is 0.163 e. The quantitative estimate of drug-likeness (QED) is 0.667. The second-order valence-electron chi connectivity index (χ2n) is 5.26. The highest BCUT2D eigenvalue weighted by atomic mass is 32.2. The van der Waals surface area contributed by atoms with Crippen molar-refractivity contribution < 1.29 is 9.84 Å². The van der Waals surface area contributed by atoms with E-state index in [1.54, 1.807) is 23.9 Å². The molecule has 0 bridgehead atoms. The summed E-state index contributed by atoms with van der Waals surface area (Å²) >= 11 is 1.76. The minimum absolute atomic E-state index is 0.245. The van der Waals surface area contributed by atoms with Crippen LogP contribution in [0.4, 0.5) is 0 Å². The van der Waals surface area contributed by atoms with Gasteiger partial charge in [0.25, 0.3) is 0 Å². The fourth-order valence-corrected chi connectivity index (χ4v) is 3.03. The third-order valence-electron chi connectivity index (χ3n) is 3.56. The Kier molecular flexibility index (Phi) is 5.38. The lowest BCUT2D eigenvalue weighted by Crippen LogP contribution is -2.02. The van der Waals surface area contributed by atoms with Gasteiger partial charge in [-0.3, -0.25) is 0 Å². The number of benzene rings is 2. The molecular weight excluding hydrogens is 322 g/mol. The molecule has 0 spiro atoms. The topological polar surface area (TPSA) is 60.2 Å². The van der Waals surface area contributed by atoms with E-state index >= 15 is 0 Å². The SMILES string of the molecule is Cn1c(CSCCOc2ccccc2)nnc1-c1ccc(O)cc1. The number of phenolic OH excluding ortho intramolecular Hbond substituents is 1. The number of rotatable bonds is 7. The summed E-state index contributed by atoms with van der Waals surface area (Å²) in [7, 11) is 1.96. The molecule has 0 aliphatic rings. The molecule has 0 amide bonds. The molecular formula is C18H19N3O2S. The molecule has 2 aromatic carbocycles. The van der Waals surface area contributed by atoms with Crippen molar-refractivity contribution in [2.24, 2.45) is 7.05 Å². The first-order chi connectivity index (χ1) is 11.7. The van der Waals surface area contributed by atoms with Crippen molar-refractivity contribution in [3.05, 3.63) is 60.4 Å². The average Bonchev–Trinajstić information content (AvgIpc) is 2.97. The molecule has 124 valence electrons. The van der Waals surface area contributed by atoms with Gasteiger partial charge in [0, 0.05) is 18.4 Å². The highest BCUT2D eigenvalue weighted by Gasteiger charge is 2.10. The van der Waals surface area contributed by atoms with Crippen LogP contribution in [-0.4, -0.2) is 32.2 Å². The Labute approximate surface area is 145 Å². The summed E-state index contributed by atoms with van der Waals surface area (Å²) < 4.78 is 7.66. The Morgan fingerprint density at radius 2 is 1.79 bits per heavy atom. The van der Waals surface area contributed by atoms with Crippen molar-refractivity contribution in [3.8, 4) is 22.9 Å². The first-order valence-electron chi connectivity index (χ1n) is 7.67. The molecule has 0 aliphatic heterocycles. The predicted octanol–water partition coefficient (Wildman–Crippen LogP) is 3.50. The van der Waals surface area contributed by atoms with Crippen molar-refractivity contribution in [3.63, 3.8) is 0 Å². The van der Waals surface area contributed by atoms with Crippen LogP contribution >= 0.6 is 11.8 Å². The van der Waals surface area contributed by atoms with Crippen LogP contribution in [-0.2, 0) is 12.8 Å². The molecule has 24 heavy (non-hydrogen) atoms. The van der Waals surface area contributed by atoms with Crippen LogP contribution in [0.5, 0.6) is 11.5 Å². The van der Waals surface area contributed by atoms with Crippen LogP contribution in [0, 0.1) is 0 Å². The number of nitrogens with zero attached hydrogens (tertiary/aromatic N) is 3. The molecule has 0 aliphatic carbocycles. The molecule has 0 radical (unpaired) electrons. The van der Waals surface area contributed by atoms with Gasteiger partial charge < -0.3 is 14.4 Å². The highest BCUT2D eigenvalue weighted by molar-refractivity contribution is 7.98. The molecule has 0 fully saturated rings. The number of phenols is 1. The third kappa shape index (κ3) is 4.08. The fourth-order valence-electron chi connectivity index (χ4n) is 2.25. The average molecular weight is 341 g/mol. The number of thioether (sulfide) groups is 1. The van der Waals surface area contributed by atoms with Gasteiger partial charge in [-0.2, -0.15) is 11.8 Å². The Balaban J connectivity index is 1.50. The number of hydrogen-bond donors (Lipinski definition) is 1. The van der Waals surface area contributed by atoms with Gasteiger partial charge in [-0.25, -0.2) is 0 Å². The second kappa shape index (κ2) is 7.88. The number of hydrogen-bond acceptors (Lipinski definition) is 5. The number of para-hydroxylation sites is 1. The van der Waals surface area contributed by atoms with Gasteiger partial charge >= 0.3 is 0 Å². The summed E-state index contributed by atoms with van der Waals surface area (Å²) in [5.41, 5.74) is 0.937. The zero-order chi connectivity index (χ0) is 16.8. The van der Waals surface area contributed by atoms with Gasteiger partial charge in [0.05, 0.1) is 12.4 Å². The van der Waals surface area contributed by atoms with Crippen LogP contribution in [0.15, 0.2) is 54.6 Å². The molecule has 5 nitrogen and oxygen atoms in total. The maximum absolute atomic E-state index is 9.37. The van der Waals surface area contributed by atoms with E-state index in [0.717, 1.165) is 34.5 Å². The van der Waals surface area contributed by atoms with Gasteiger partial charge in [0.1, 0.15) is 17.3 Å². The minimum Gasteiger partial charge on any atom is -0.508 e. The molecule has 0 atom stereocenters. The summed E-state index contributed by atoms with van der Waals surface area (Å²) in [5, 5.41) is 17.9. The standard InChI is InChI=1S/C18H19N3O2S/c1-21-17(13-24-12-11-23-16-5-3-2-4-6-16)19-20-18(21)14-7-9-15(22)10-8-14/h2-10,22H,11-13H2,1H3. The summed E-state index contributed by atoms with van der Waals surface area (Å²) in [6.07, 6.45) is 0. The Morgan fingerprint density at radius 3 is 2.54 bits per heavy atom. The van der Waals surface area contributed by atoms with Crippen molar-refractivity contribution in [2.45, 2.75) is 5.75 Å². The van der Waals surface area contributed by atoms with E-state index in [2.05, 4.69) is 10.2 Å². The molecule has 0 unspecified atom stereocenters. The summed E-state index contributed by atoms with van der Waals surface area (Å²) in [5.74, 6) is 4.52. The second-order valence-corrected chi connectivity index (χ2v) is 6.36. The Hall–Kier alpha value is -2.47. The molecule has 3 aromatic rings. The number of aromatic nitrogens is 3. The van der Waals surface area contributed by atoms with Crippen LogP contribution < -0.4 is 4.74 Å². The fraction of sp³-hybridized carbons (Fsp3) is 0.222. The minimum atomic E-state index is 0.245. The van der Waals surface area contributed by atoms with E-state index in [4.69, 9.17) is 4.74 Å². The van der Waals surface area contributed by atoms with E-state index in [9.17, 15) is 5.11 Å². The van der Waals surface area contributed by atoms with Crippen molar-refractivity contribution in [1.29, 1.82) is 0 Å². The normalized spacial score (nSPS) is 10.7. The predicted molar refractivity (Wildman–Crippen MR) is 96.2 cm³/mol. The Bertz CT molecular complexity index is 773. The zero-order valence-corrected chi connectivity index (χ0v) is 14.2. The summed E-state index contributed by atoms with van der Waals surface area (Å²) in [6.45, 7) is 0.664. The molecule has 1 aromatic heterocycles. The first-order valence-corrected chi connectivity index (χ1v) is 8.83. The van der Waals surface area contributed by atoms with E-state index in [1.165, 1.54) is 0 Å². The van der Waals surface area contributed by atoms with Crippen molar-refractivity contribution in [2.75, 3.05) is 12.4 Å². The summed E-state index contributed by atoms with van der Waals surface area (Å²) in [6, 6.07) is 16.8. The zero-order valence-electron chi connectivity index (χ0n) is 13.4. The molecule has 0 saturated heterocycles. The van der Waals surface area contributed by atoms with Crippen molar-refractivity contribution >= 4 is 11.8 Å². The molecule has 3 rings (SSSR count). The lowest BCUT2D eigenvalue weighted by Gasteiger charge is -2.06. The van der Waals surface area contributed by atoms with Gasteiger partial charge in [0.15, 0.2) is 5.82 Å². The van der Waals surface area contributed by atoms with E-state index in [-0.39, 0.29) is 5.75 Å². The number of aromatic hydroxyl groups is 1. The van der Waals surface area contributed by atoms with Gasteiger partial charge in [-0.15, -0.1) is 10.2 Å². The first kappa shape index (κ1) is 16.4. The van der Waals surface area contributed by atoms with Crippen LogP contribution in [0.25, 0.3) is 11.4 Å². The number of ether oxygens (including phenoxy) is 1. The van der Waals surface area contributed by atoms with Crippen LogP contribution in [0.2, 0.25) is 0 Å². The highest BCUT2D eigenvalue weighted by Crippen LogP contribution is 2.21. The van der Waals surface area contributed by atoms with Crippen LogP contribution in [0.1, 0.15) is 5.82 Å². The smallest absolute Gasteiger partial charge is 0.163 e. The molecule has 6 heteroatoms. The van der Waals surface area contributed by atoms with E-state index < -0.39 is 0 Å². The lowest BCUT2D eigenvalue weighted by atomic mass is 10.2. The van der Waals surface area contributed by atoms with Gasteiger partial charge in [-0.1, -0.05) is 18.2 Å². The summed E-state index contributed by atoms with van der Waals surface area (Å²) in [4.78, 5) is 0. The van der Waals surface area contributed by atoms with Crippen LogP contribution in [0.3, 0.4) is 0 Å². The molecule has 1 heterocycles. The van der Waals surface area contributed by atoms with Gasteiger partial charge in [-0.05, 0) is 36.4 Å². The van der Waals surface area contributed by atoms with E-state index in [0.29, 0.717) is 6.61 Å². The van der Waals surface area contributed by atoms with Gasteiger partial charge in [0.2, 0.25) is 0 Å². The Morgan fingerprint density at radius 1 is 1.04 bits per heavy atom.